The molecule has 37 nitrogen and oxygen atoms in total. The first-order chi connectivity index (χ1) is 56.2. The van der Waals surface area contributed by atoms with Crippen LogP contribution < -0.4 is 65.9 Å². The van der Waals surface area contributed by atoms with Gasteiger partial charge in [0.25, 0.3) is 11.8 Å². The lowest BCUT2D eigenvalue weighted by Crippen LogP contribution is -2.65. The van der Waals surface area contributed by atoms with Gasteiger partial charge >= 0.3 is 0 Å². The molecule has 4 aliphatic heterocycles. The van der Waals surface area contributed by atoms with Crippen molar-refractivity contribution in [1.82, 2.24) is 51.9 Å². The van der Waals surface area contributed by atoms with Crippen LogP contribution in [0.5, 0.6) is 0 Å². The highest BCUT2D eigenvalue weighted by molar-refractivity contribution is 8.00. The van der Waals surface area contributed by atoms with Crippen LogP contribution in [0.4, 0.5) is 0 Å². The number of amides is 12. The second kappa shape index (κ2) is 52.5. The standard InChI is InChI=1S/C79H135N15O22S2/c1-7-46(6)61(68(84)105)91-69(106)48(23-11-15-31-80)87-70(107)51(41-47-21-9-8-10-22-47)88-73(110)56(26-14-18-34-83)94(76(113)52(39-44(2)3)89-71(108)54-27-19-35-92(54)74(111)49(24-12-16-32-81)85-59(97)29-37-117-78-66(103)64(101)62(99)57(42-95)115-78)77(114)53(40-45(4)5)90-72(109)55-28-20-36-93(55)75(112)50(25-13-17-33-82)86-60(98)30-38-118-79-67(104)65(102)63(100)58(43-96)116-79/h8-10,21-22,44-46,48-58,61-67,78-79,95-96,99-104H,7,11-20,23-43,80-83H2,1-6H3,(H2,84,105)(H,85,97)(H,86,98)(H,87,107)(H,88,110)(H,89,108)(H,90,109)(H,91,106)/t46-,48-,49-,50-,51-,52-,53-,54-,55-,56-,57+,58+,61-,62-,63-,64-,65-,66+,67+,78-,79-/m0/s1. The number of carbonyl (C=O) groups is 12. The molecule has 12 amide bonds. The monoisotopic (exact) mass is 1710 g/mol. The van der Waals surface area contributed by atoms with Gasteiger partial charge in [-0.2, -0.15) is 0 Å². The Balaban J connectivity index is 1.59. The fraction of sp³-hybridized carbons (Fsp3) is 0.772. The Bertz CT molecular complexity index is 3200. The topological polar surface area (TPSA) is 609 Å². The number of hydrogen-bond donors (Lipinski definition) is 20. The van der Waals surface area contributed by atoms with Crippen molar-refractivity contribution in [3.05, 3.63) is 35.9 Å². The number of nitrogens with zero attached hydrogens (tertiary/aromatic N) is 3. The molecule has 4 heterocycles. The fourth-order valence-corrected chi connectivity index (χ4v) is 17.1. The zero-order valence-electron chi connectivity index (χ0n) is 69.1. The molecule has 0 saturated carbocycles. The maximum atomic E-state index is 16.5. The molecule has 39 heteroatoms. The molecule has 0 radical (unpaired) electrons. The highest BCUT2D eigenvalue weighted by atomic mass is 32.2. The van der Waals surface area contributed by atoms with E-state index in [1.165, 1.54) is 9.80 Å². The first kappa shape index (κ1) is 102. The molecule has 4 fully saturated rings. The Morgan fingerprint density at radius 2 is 0.890 bits per heavy atom. The van der Waals surface area contributed by atoms with E-state index in [0.29, 0.717) is 55.4 Å². The number of likely N-dealkylation sites (tertiary alicyclic amines) is 2. The van der Waals surface area contributed by atoms with Crippen molar-refractivity contribution in [3.63, 3.8) is 0 Å². The van der Waals surface area contributed by atoms with E-state index in [9.17, 15) is 69.6 Å². The van der Waals surface area contributed by atoms with Crippen molar-refractivity contribution in [2.45, 2.75) is 303 Å². The van der Waals surface area contributed by atoms with Crippen LogP contribution in [0.1, 0.15) is 182 Å². The van der Waals surface area contributed by atoms with Gasteiger partial charge in [0.05, 0.1) is 13.2 Å². The Labute approximate surface area is 700 Å². The predicted molar refractivity (Wildman–Crippen MR) is 440 cm³/mol. The van der Waals surface area contributed by atoms with Gasteiger partial charge in [-0.3, -0.25) is 62.4 Å². The van der Waals surface area contributed by atoms with Crippen LogP contribution in [-0.4, -0.2) is 311 Å². The summed E-state index contributed by atoms with van der Waals surface area (Å²) in [6, 6.07) is -5.80. The summed E-state index contributed by atoms with van der Waals surface area (Å²) in [7, 11) is 0. The zero-order chi connectivity index (χ0) is 87.5. The van der Waals surface area contributed by atoms with Crippen molar-refractivity contribution >= 4 is 94.4 Å². The molecule has 21 atom stereocenters. The van der Waals surface area contributed by atoms with Gasteiger partial charge in [-0.15, -0.1) is 23.5 Å². The number of nitrogens with one attached hydrogen (secondary N) is 7. The van der Waals surface area contributed by atoms with Gasteiger partial charge in [0.2, 0.25) is 59.1 Å². The highest BCUT2D eigenvalue weighted by Gasteiger charge is 2.49. The number of aliphatic hydroxyl groups is 8. The third-order valence-electron chi connectivity index (χ3n) is 21.7. The van der Waals surface area contributed by atoms with Crippen molar-refractivity contribution in [1.29, 1.82) is 0 Å². The van der Waals surface area contributed by atoms with E-state index in [0.717, 1.165) is 23.5 Å². The van der Waals surface area contributed by atoms with E-state index in [4.69, 9.17) is 38.1 Å². The average Bonchev–Trinajstić information content (AvgIpc) is 0.920. The average molecular weight is 1710 g/mol. The molecule has 0 aliphatic carbocycles. The minimum absolute atomic E-state index is 0.0112. The normalized spacial score (nSPS) is 24.3. The molecule has 1 aromatic carbocycles. The van der Waals surface area contributed by atoms with Crippen molar-refractivity contribution in [2.24, 2.45) is 46.4 Å². The van der Waals surface area contributed by atoms with E-state index in [2.05, 4.69) is 37.2 Å². The molecule has 5 rings (SSSR count). The molecular formula is C79H135N15O22S2. The van der Waals surface area contributed by atoms with Crippen LogP contribution in [0.25, 0.3) is 0 Å². The molecule has 670 valence electrons. The third-order valence-corrected chi connectivity index (χ3v) is 24.1. The van der Waals surface area contributed by atoms with Crippen LogP contribution in [0.2, 0.25) is 0 Å². The van der Waals surface area contributed by atoms with Gasteiger partial charge < -0.3 is 126 Å². The molecule has 25 N–H and O–H groups in total. The van der Waals surface area contributed by atoms with Crippen LogP contribution in [0, 0.1) is 17.8 Å². The van der Waals surface area contributed by atoms with Crippen LogP contribution >= 0.6 is 23.5 Å². The van der Waals surface area contributed by atoms with Gasteiger partial charge in [0, 0.05) is 43.9 Å². The Hall–Kier alpha value is -6.80. The summed E-state index contributed by atoms with van der Waals surface area (Å²) in [5.74, 6) is -11.4. The summed E-state index contributed by atoms with van der Waals surface area (Å²) in [5, 5.41) is 102. The molecular weight excluding hydrogens is 1580 g/mol. The summed E-state index contributed by atoms with van der Waals surface area (Å²) in [6.45, 7) is 9.97. The van der Waals surface area contributed by atoms with Crippen molar-refractivity contribution < 1.29 is 108 Å². The number of rotatable bonds is 52. The molecule has 4 aliphatic rings. The summed E-state index contributed by atoms with van der Waals surface area (Å²) < 4.78 is 11.2. The van der Waals surface area contributed by atoms with Crippen LogP contribution in [-0.2, 0) is 73.4 Å². The smallest absolute Gasteiger partial charge is 0.252 e. The molecule has 0 spiro atoms. The third kappa shape index (κ3) is 31.0. The molecule has 1 aromatic rings. The predicted octanol–water partition coefficient (Wildman–Crippen LogP) is -3.69. The number of benzene rings is 1. The fourth-order valence-electron chi connectivity index (χ4n) is 14.9. The number of unbranched alkanes of at least 4 members (excludes halogenated alkanes) is 4. The second-order valence-electron chi connectivity index (χ2n) is 31.9. The lowest BCUT2D eigenvalue weighted by molar-refractivity contribution is -0.205. The van der Waals surface area contributed by atoms with Gasteiger partial charge in [-0.05, 0) is 165 Å². The van der Waals surface area contributed by atoms with E-state index < -0.39 is 222 Å². The largest absolute Gasteiger partial charge is 0.394 e. The van der Waals surface area contributed by atoms with Crippen LogP contribution in [0.15, 0.2) is 30.3 Å². The highest BCUT2D eigenvalue weighted by Crippen LogP contribution is 2.32. The number of ether oxygens (including phenoxy) is 2. The number of imide groups is 1. The van der Waals surface area contributed by atoms with Gasteiger partial charge in [0.1, 0.15) is 120 Å². The lowest BCUT2D eigenvalue weighted by atomic mass is 9.96. The number of nitrogens with two attached hydrogens (primary N) is 5. The number of carbonyl (C=O) groups excluding carboxylic acids is 12. The van der Waals surface area contributed by atoms with Crippen LogP contribution in [0.3, 0.4) is 0 Å². The molecule has 4 saturated heterocycles. The lowest BCUT2D eigenvalue weighted by Gasteiger charge is -2.39. The quantitative estimate of drug-likeness (QED) is 0.0279. The molecule has 0 bridgehead atoms. The van der Waals surface area contributed by atoms with Crippen molar-refractivity contribution in [2.75, 3.05) is 64.0 Å². The molecule has 0 aromatic heterocycles. The minimum atomic E-state index is -1.89. The van der Waals surface area contributed by atoms with Gasteiger partial charge in [-0.25, -0.2) is 0 Å². The zero-order valence-corrected chi connectivity index (χ0v) is 70.8. The Kier molecular flexibility index (Phi) is 45.3. The molecule has 118 heavy (non-hydrogen) atoms. The number of aliphatic hydroxyl groups excluding tert-OH is 8. The summed E-state index contributed by atoms with van der Waals surface area (Å²) >= 11 is 1.87. The SMILES string of the molecule is CC[C@H](C)[C@H](NC(=O)[C@H](CCCCN)NC(=O)[C@H](Cc1ccccc1)NC(=O)[C@H](CCCCN)N(C(=O)[C@H](CC(C)C)NC(=O)[C@@H]1CCCN1C(=O)[C@H](CCCCN)NC(=O)CCS[C@@H]1O[C@H](CO)[C@H](O)[C@H](O)[C@H]1O)C(=O)[C@H](CC(C)C)NC(=O)[C@@H]1CCCN1C(=O)[C@H](CCCCN)NC(=O)CCS[C@@H]1O[C@H](CO)[C@H](O)[C@H](O)[C@H]1O)C(N)=O. The van der Waals surface area contributed by atoms with E-state index in [1.807, 2.05) is 0 Å². The van der Waals surface area contributed by atoms with Crippen molar-refractivity contribution in [3.8, 4) is 0 Å². The Morgan fingerprint density at radius 1 is 0.492 bits per heavy atom. The number of hydrogen-bond acceptors (Lipinski definition) is 28. The van der Waals surface area contributed by atoms with Gasteiger partial charge in [-0.1, -0.05) is 78.3 Å². The first-order valence-corrected chi connectivity index (χ1v) is 43.9. The number of primary amides is 1. The summed E-state index contributed by atoms with van der Waals surface area (Å²) in [5.41, 5.74) is 27.8. The van der Waals surface area contributed by atoms with Gasteiger partial charge in [0.15, 0.2) is 0 Å². The Morgan fingerprint density at radius 3 is 1.28 bits per heavy atom. The molecule has 0 unspecified atom stereocenters. The maximum absolute atomic E-state index is 16.5. The van der Waals surface area contributed by atoms with E-state index >= 15 is 28.8 Å². The summed E-state index contributed by atoms with van der Waals surface area (Å²) in [4.78, 5) is 183. The minimum Gasteiger partial charge on any atom is -0.394 e. The summed E-state index contributed by atoms with van der Waals surface area (Å²) in [6.07, 6.45) is -9.50. The first-order valence-electron chi connectivity index (χ1n) is 41.8. The second-order valence-corrected chi connectivity index (χ2v) is 34.3. The van der Waals surface area contributed by atoms with E-state index in [-0.39, 0.29) is 147 Å². The maximum Gasteiger partial charge on any atom is 0.252 e. The number of thioether (sulfide) groups is 2. The van der Waals surface area contributed by atoms with E-state index in [1.54, 1.807) is 71.9 Å².